The minimum atomic E-state index is -0.405. The Morgan fingerprint density at radius 3 is 2.29 bits per heavy atom. The number of ether oxygens (including phenoxy) is 2. The van der Waals surface area contributed by atoms with Crippen LogP contribution in [-0.2, 0) is 14.3 Å². The van der Waals surface area contributed by atoms with Gasteiger partial charge in [0.15, 0.2) is 0 Å². The third kappa shape index (κ3) is 5.07. The average molecular weight is 242 g/mol. The van der Waals surface area contributed by atoms with Crippen LogP contribution in [0.4, 0.5) is 0 Å². The Bertz CT molecular complexity index is 236. The zero-order chi connectivity index (χ0) is 12.9. The minimum Gasteiger partial charge on any atom is -0.460 e. The van der Waals surface area contributed by atoms with Crippen molar-refractivity contribution in [3.05, 3.63) is 0 Å². The van der Waals surface area contributed by atoms with Gasteiger partial charge in [-0.25, -0.2) is 0 Å². The molecule has 0 N–H and O–H groups in total. The fourth-order valence-corrected chi connectivity index (χ4v) is 2.49. The molecule has 0 heterocycles. The number of hydrogen-bond donors (Lipinski definition) is 0. The Labute approximate surface area is 105 Å². The van der Waals surface area contributed by atoms with Gasteiger partial charge >= 0.3 is 5.97 Å². The van der Waals surface area contributed by atoms with Gasteiger partial charge in [0.2, 0.25) is 0 Å². The summed E-state index contributed by atoms with van der Waals surface area (Å²) < 4.78 is 10.7. The molecule has 1 fully saturated rings. The standard InChI is InChI=1S/C14H26O3/c1-14(2,3)17-13(15)12(10-16-4)11-8-6-5-7-9-11/h11-12H,5-10H2,1-4H3. The highest BCUT2D eigenvalue weighted by Crippen LogP contribution is 2.31. The van der Waals surface area contributed by atoms with Crippen molar-refractivity contribution in [3.63, 3.8) is 0 Å². The van der Waals surface area contributed by atoms with Crippen molar-refractivity contribution in [2.24, 2.45) is 11.8 Å². The molecule has 0 aromatic rings. The first kappa shape index (κ1) is 14.5. The number of carbonyl (C=O) groups excluding carboxylic acids is 1. The van der Waals surface area contributed by atoms with Crippen LogP contribution in [0.3, 0.4) is 0 Å². The summed E-state index contributed by atoms with van der Waals surface area (Å²) in [4.78, 5) is 12.1. The van der Waals surface area contributed by atoms with Crippen LogP contribution in [0.1, 0.15) is 52.9 Å². The fourth-order valence-electron chi connectivity index (χ4n) is 2.49. The highest BCUT2D eigenvalue weighted by atomic mass is 16.6. The highest BCUT2D eigenvalue weighted by Gasteiger charge is 2.32. The maximum atomic E-state index is 12.1. The number of esters is 1. The maximum Gasteiger partial charge on any atom is 0.312 e. The lowest BCUT2D eigenvalue weighted by atomic mass is 9.80. The summed E-state index contributed by atoms with van der Waals surface area (Å²) in [6.45, 7) is 6.22. The van der Waals surface area contributed by atoms with E-state index in [2.05, 4.69) is 0 Å². The van der Waals surface area contributed by atoms with E-state index in [9.17, 15) is 4.79 Å². The molecule has 1 aliphatic carbocycles. The SMILES string of the molecule is COCC(C(=O)OC(C)(C)C)C1CCCCC1. The molecule has 0 bridgehead atoms. The number of carbonyl (C=O) groups is 1. The van der Waals surface area contributed by atoms with Gasteiger partial charge in [0.1, 0.15) is 5.60 Å². The Morgan fingerprint density at radius 2 is 1.82 bits per heavy atom. The summed E-state index contributed by atoms with van der Waals surface area (Å²) in [5, 5.41) is 0. The van der Waals surface area contributed by atoms with Crippen molar-refractivity contribution < 1.29 is 14.3 Å². The monoisotopic (exact) mass is 242 g/mol. The van der Waals surface area contributed by atoms with Crippen molar-refractivity contribution in [1.82, 2.24) is 0 Å². The Kier molecular flexibility index (Phi) is 5.44. The average Bonchev–Trinajstić information content (AvgIpc) is 2.24. The Balaban J connectivity index is 2.60. The third-order valence-electron chi connectivity index (χ3n) is 3.27. The highest BCUT2D eigenvalue weighted by molar-refractivity contribution is 5.73. The lowest BCUT2D eigenvalue weighted by Gasteiger charge is -2.30. The van der Waals surface area contributed by atoms with E-state index in [1.165, 1.54) is 19.3 Å². The second-order valence-corrected chi connectivity index (χ2v) is 5.99. The van der Waals surface area contributed by atoms with Crippen molar-refractivity contribution in [2.45, 2.75) is 58.5 Å². The van der Waals surface area contributed by atoms with E-state index in [1.54, 1.807) is 7.11 Å². The van der Waals surface area contributed by atoms with Crippen LogP contribution in [0.25, 0.3) is 0 Å². The van der Waals surface area contributed by atoms with Crippen molar-refractivity contribution in [1.29, 1.82) is 0 Å². The van der Waals surface area contributed by atoms with Gasteiger partial charge in [-0.1, -0.05) is 19.3 Å². The summed E-state index contributed by atoms with van der Waals surface area (Å²) in [7, 11) is 1.65. The smallest absolute Gasteiger partial charge is 0.312 e. The first-order chi connectivity index (χ1) is 7.94. The lowest BCUT2D eigenvalue weighted by molar-refractivity contribution is -0.164. The van der Waals surface area contributed by atoms with E-state index in [-0.39, 0.29) is 11.9 Å². The van der Waals surface area contributed by atoms with Gasteiger partial charge in [-0.15, -0.1) is 0 Å². The lowest BCUT2D eigenvalue weighted by Crippen LogP contribution is -2.35. The number of hydrogen-bond acceptors (Lipinski definition) is 3. The molecule has 1 aliphatic rings. The van der Waals surface area contributed by atoms with Gasteiger partial charge in [0.05, 0.1) is 12.5 Å². The van der Waals surface area contributed by atoms with Crippen LogP contribution in [0.15, 0.2) is 0 Å². The van der Waals surface area contributed by atoms with Crippen LogP contribution >= 0.6 is 0 Å². The van der Waals surface area contributed by atoms with Crippen molar-refractivity contribution in [3.8, 4) is 0 Å². The second kappa shape index (κ2) is 6.39. The van der Waals surface area contributed by atoms with E-state index in [1.807, 2.05) is 20.8 Å². The van der Waals surface area contributed by atoms with Crippen molar-refractivity contribution in [2.75, 3.05) is 13.7 Å². The summed E-state index contributed by atoms with van der Waals surface area (Å²) in [6.07, 6.45) is 6.02. The van der Waals surface area contributed by atoms with E-state index in [0.717, 1.165) is 12.8 Å². The van der Waals surface area contributed by atoms with E-state index in [0.29, 0.717) is 12.5 Å². The molecule has 17 heavy (non-hydrogen) atoms. The normalized spacial score (nSPS) is 20.0. The molecule has 0 radical (unpaired) electrons. The van der Waals surface area contributed by atoms with Crippen molar-refractivity contribution >= 4 is 5.97 Å². The molecule has 3 nitrogen and oxygen atoms in total. The zero-order valence-corrected chi connectivity index (χ0v) is 11.6. The molecule has 100 valence electrons. The molecule has 0 saturated heterocycles. The maximum absolute atomic E-state index is 12.1. The van der Waals surface area contributed by atoms with Crippen LogP contribution < -0.4 is 0 Å². The van der Waals surface area contributed by atoms with Gasteiger partial charge < -0.3 is 9.47 Å². The van der Waals surface area contributed by atoms with Gasteiger partial charge in [-0.05, 0) is 39.5 Å². The molecule has 0 aliphatic heterocycles. The van der Waals surface area contributed by atoms with Gasteiger partial charge in [-0.3, -0.25) is 4.79 Å². The molecular formula is C14H26O3. The molecule has 1 unspecified atom stereocenters. The number of rotatable bonds is 4. The fraction of sp³-hybridized carbons (Fsp3) is 0.929. The largest absolute Gasteiger partial charge is 0.460 e. The molecule has 3 heteroatoms. The van der Waals surface area contributed by atoms with Gasteiger partial charge in [0, 0.05) is 7.11 Å². The summed E-state index contributed by atoms with van der Waals surface area (Å²) in [5.41, 5.74) is -0.405. The van der Waals surface area contributed by atoms with Crippen LogP contribution in [-0.4, -0.2) is 25.3 Å². The predicted octanol–water partition coefficient (Wildman–Crippen LogP) is 3.17. The Hall–Kier alpha value is -0.570. The molecular weight excluding hydrogens is 216 g/mol. The zero-order valence-electron chi connectivity index (χ0n) is 11.6. The molecule has 0 amide bonds. The summed E-state index contributed by atoms with van der Waals surface area (Å²) in [5.74, 6) is 0.268. The first-order valence-electron chi connectivity index (χ1n) is 6.66. The quantitative estimate of drug-likeness (QED) is 0.710. The summed E-state index contributed by atoms with van der Waals surface area (Å²) >= 11 is 0. The summed E-state index contributed by atoms with van der Waals surface area (Å²) in [6, 6.07) is 0. The minimum absolute atomic E-state index is 0.0838. The predicted molar refractivity (Wildman–Crippen MR) is 67.8 cm³/mol. The molecule has 1 atom stereocenters. The number of methoxy groups -OCH3 is 1. The van der Waals surface area contributed by atoms with Gasteiger partial charge in [-0.2, -0.15) is 0 Å². The van der Waals surface area contributed by atoms with Crippen LogP contribution in [0.2, 0.25) is 0 Å². The first-order valence-corrected chi connectivity index (χ1v) is 6.66. The van der Waals surface area contributed by atoms with E-state index < -0.39 is 5.60 Å². The Morgan fingerprint density at radius 1 is 1.24 bits per heavy atom. The molecule has 0 aromatic carbocycles. The topological polar surface area (TPSA) is 35.5 Å². The van der Waals surface area contributed by atoms with E-state index >= 15 is 0 Å². The van der Waals surface area contributed by atoms with Crippen LogP contribution in [0, 0.1) is 11.8 Å². The van der Waals surface area contributed by atoms with E-state index in [4.69, 9.17) is 9.47 Å². The molecule has 1 rings (SSSR count). The molecule has 1 saturated carbocycles. The molecule has 0 spiro atoms. The van der Waals surface area contributed by atoms with Gasteiger partial charge in [0.25, 0.3) is 0 Å². The second-order valence-electron chi connectivity index (χ2n) is 5.99. The van der Waals surface area contributed by atoms with Crippen LogP contribution in [0.5, 0.6) is 0 Å². The molecule has 0 aromatic heterocycles. The third-order valence-corrected chi connectivity index (χ3v) is 3.27.